The zero-order valence-electron chi connectivity index (χ0n) is 14.6. The molecule has 0 radical (unpaired) electrons. The van der Waals surface area contributed by atoms with Crippen molar-refractivity contribution in [2.24, 2.45) is 0 Å². The molecule has 126 valence electrons. The lowest BCUT2D eigenvalue weighted by molar-refractivity contribution is 0.982. The largest absolute Gasteiger partial charge is 0.276 e. The van der Waals surface area contributed by atoms with E-state index in [1.165, 1.54) is 0 Å². The number of para-hydroxylation sites is 1. The number of benzene rings is 3. The predicted molar refractivity (Wildman–Crippen MR) is 108 cm³/mol. The van der Waals surface area contributed by atoms with Crippen LogP contribution in [0.15, 0.2) is 102 Å². The van der Waals surface area contributed by atoms with E-state index in [9.17, 15) is 4.79 Å². The molecule has 0 bridgehead atoms. The van der Waals surface area contributed by atoms with Crippen molar-refractivity contribution in [3.8, 4) is 28.1 Å². The molecule has 2 heteroatoms. The minimum atomic E-state index is 0.00901. The van der Waals surface area contributed by atoms with Crippen molar-refractivity contribution in [1.82, 2.24) is 4.57 Å². The SMILES string of the molecule is Cc1cc(-c2ccccc2)c(-c2ccccc2)n(-c2ccccc2)c1=O. The number of nitrogens with zero attached hydrogens (tertiary/aromatic N) is 1. The monoisotopic (exact) mass is 337 g/mol. The molecule has 1 heterocycles. The Labute approximate surface area is 153 Å². The van der Waals surface area contributed by atoms with Gasteiger partial charge in [-0.2, -0.15) is 0 Å². The molecule has 0 N–H and O–H groups in total. The molecule has 4 aromatic rings. The lowest BCUT2D eigenvalue weighted by atomic mass is 9.97. The van der Waals surface area contributed by atoms with Crippen molar-refractivity contribution in [2.45, 2.75) is 6.92 Å². The fraction of sp³-hybridized carbons (Fsp3) is 0.0417. The van der Waals surface area contributed by atoms with E-state index in [2.05, 4.69) is 24.3 Å². The van der Waals surface area contributed by atoms with Crippen LogP contribution >= 0.6 is 0 Å². The first-order valence-electron chi connectivity index (χ1n) is 8.68. The molecule has 0 saturated heterocycles. The summed E-state index contributed by atoms with van der Waals surface area (Å²) in [5.41, 5.74) is 5.70. The molecular formula is C24H19NO. The molecule has 0 spiro atoms. The van der Waals surface area contributed by atoms with Crippen molar-refractivity contribution in [3.05, 3.63) is 113 Å². The highest BCUT2D eigenvalue weighted by molar-refractivity contribution is 5.82. The fourth-order valence-corrected chi connectivity index (χ4v) is 3.29. The van der Waals surface area contributed by atoms with E-state index in [4.69, 9.17) is 0 Å². The normalized spacial score (nSPS) is 10.7. The van der Waals surface area contributed by atoms with Crippen LogP contribution < -0.4 is 5.56 Å². The first-order chi connectivity index (χ1) is 12.8. The van der Waals surface area contributed by atoms with Crippen LogP contribution in [-0.4, -0.2) is 4.57 Å². The molecule has 1 aromatic heterocycles. The molecule has 0 atom stereocenters. The molecule has 0 amide bonds. The molecule has 3 aromatic carbocycles. The third-order valence-corrected chi connectivity index (χ3v) is 4.53. The summed E-state index contributed by atoms with van der Waals surface area (Å²) in [5.74, 6) is 0. The summed E-state index contributed by atoms with van der Waals surface area (Å²) in [6, 6.07) is 32.2. The van der Waals surface area contributed by atoms with E-state index in [1.54, 1.807) is 0 Å². The van der Waals surface area contributed by atoms with Gasteiger partial charge in [-0.05, 0) is 36.2 Å². The summed E-state index contributed by atoms with van der Waals surface area (Å²) < 4.78 is 1.83. The molecule has 0 aliphatic carbocycles. The maximum atomic E-state index is 13.1. The Morgan fingerprint density at radius 1 is 0.654 bits per heavy atom. The summed E-state index contributed by atoms with van der Waals surface area (Å²) in [4.78, 5) is 13.1. The maximum Gasteiger partial charge on any atom is 0.258 e. The first-order valence-corrected chi connectivity index (χ1v) is 8.68. The summed E-state index contributed by atoms with van der Waals surface area (Å²) in [7, 11) is 0. The van der Waals surface area contributed by atoms with E-state index < -0.39 is 0 Å². The van der Waals surface area contributed by atoms with Crippen LogP contribution in [0, 0.1) is 6.92 Å². The molecule has 0 fully saturated rings. The number of aromatic nitrogens is 1. The number of hydrogen-bond acceptors (Lipinski definition) is 1. The number of hydrogen-bond donors (Lipinski definition) is 0. The van der Waals surface area contributed by atoms with Crippen molar-refractivity contribution < 1.29 is 0 Å². The van der Waals surface area contributed by atoms with Crippen LogP contribution in [0.1, 0.15) is 5.56 Å². The van der Waals surface area contributed by atoms with Gasteiger partial charge < -0.3 is 0 Å². The average Bonchev–Trinajstić information content (AvgIpc) is 2.71. The summed E-state index contributed by atoms with van der Waals surface area (Å²) in [5, 5.41) is 0. The zero-order chi connectivity index (χ0) is 17.9. The van der Waals surface area contributed by atoms with Gasteiger partial charge in [0.2, 0.25) is 0 Å². The van der Waals surface area contributed by atoms with Gasteiger partial charge in [0, 0.05) is 16.8 Å². The van der Waals surface area contributed by atoms with Crippen LogP contribution in [0.5, 0.6) is 0 Å². The summed E-state index contributed by atoms with van der Waals surface area (Å²) in [6.45, 7) is 1.88. The van der Waals surface area contributed by atoms with Gasteiger partial charge in [0.15, 0.2) is 0 Å². The Kier molecular flexibility index (Phi) is 4.24. The molecule has 0 aliphatic heterocycles. The predicted octanol–water partition coefficient (Wildman–Crippen LogP) is 5.48. The quantitative estimate of drug-likeness (QED) is 0.485. The molecule has 4 rings (SSSR count). The maximum absolute atomic E-state index is 13.1. The van der Waals surface area contributed by atoms with Gasteiger partial charge in [-0.25, -0.2) is 0 Å². The van der Waals surface area contributed by atoms with Gasteiger partial charge in [-0.15, -0.1) is 0 Å². The highest BCUT2D eigenvalue weighted by Crippen LogP contribution is 2.33. The lowest BCUT2D eigenvalue weighted by Gasteiger charge is -2.19. The number of pyridine rings is 1. The second-order valence-electron chi connectivity index (χ2n) is 6.30. The highest BCUT2D eigenvalue weighted by atomic mass is 16.1. The Morgan fingerprint density at radius 3 is 1.73 bits per heavy atom. The van der Waals surface area contributed by atoms with Crippen LogP contribution in [0.2, 0.25) is 0 Å². The second kappa shape index (κ2) is 6.85. The van der Waals surface area contributed by atoms with Gasteiger partial charge in [-0.1, -0.05) is 78.9 Å². The van der Waals surface area contributed by atoms with E-state index in [0.717, 1.165) is 33.6 Å². The van der Waals surface area contributed by atoms with E-state index in [-0.39, 0.29) is 5.56 Å². The molecule has 0 aliphatic rings. The summed E-state index contributed by atoms with van der Waals surface area (Å²) >= 11 is 0. The Balaban J connectivity index is 2.14. The third-order valence-electron chi connectivity index (χ3n) is 4.53. The molecule has 2 nitrogen and oxygen atoms in total. The first kappa shape index (κ1) is 16.1. The average molecular weight is 337 g/mol. The minimum absolute atomic E-state index is 0.00901. The topological polar surface area (TPSA) is 22.0 Å². The molecule has 0 unspecified atom stereocenters. The zero-order valence-corrected chi connectivity index (χ0v) is 14.6. The standard InChI is InChI=1S/C24H19NO/c1-18-17-22(19-11-5-2-6-12-19)23(20-13-7-3-8-14-20)25(24(18)26)21-15-9-4-10-16-21/h2-17H,1H3. The van der Waals surface area contributed by atoms with Crippen LogP contribution in [0.4, 0.5) is 0 Å². The highest BCUT2D eigenvalue weighted by Gasteiger charge is 2.17. The Bertz CT molecular complexity index is 1080. The van der Waals surface area contributed by atoms with Crippen molar-refractivity contribution in [3.63, 3.8) is 0 Å². The number of rotatable bonds is 3. The van der Waals surface area contributed by atoms with E-state index >= 15 is 0 Å². The molecule has 0 saturated carbocycles. The van der Waals surface area contributed by atoms with Crippen LogP contribution in [-0.2, 0) is 0 Å². The molecular weight excluding hydrogens is 318 g/mol. The van der Waals surface area contributed by atoms with Crippen molar-refractivity contribution in [1.29, 1.82) is 0 Å². The Morgan fingerprint density at radius 2 is 1.15 bits per heavy atom. The smallest absolute Gasteiger partial charge is 0.258 e. The van der Waals surface area contributed by atoms with E-state index in [1.807, 2.05) is 84.3 Å². The second-order valence-corrected chi connectivity index (χ2v) is 6.30. The van der Waals surface area contributed by atoms with Crippen LogP contribution in [0.3, 0.4) is 0 Å². The third kappa shape index (κ3) is 2.86. The van der Waals surface area contributed by atoms with Gasteiger partial charge in [0.25, 0.3) is 5.56 Å². The number of aryl methyl sites for hydroxylation is 1. The molecule has 26 heavy (non-hydrogen) atoms. The van der Waals surface area contributed by atoms with Gasteiger partial charge in [0.05, 0.1) is 5.69 Å². The van der Waals surface area contributed by atoms with Gasteiger partial charge >= 0.3 is 0 Å². The lowest BCUT2D eigenvalue weighted by Crippen LogP contribution is -2.23. The van der Waals surface area contributed by atoms with Crippen molar-refractivity contribution in [2.75, 3.05) is 0 Å². The van der Waals surface area contributed by atoms with Crippen LogP contribution in [0.25, 0.3) is 28.1 Å². The Hall–Kier alpha value is -3.39. The van der Waals surface area contributed by atoms with E-state index in [0.29, 0.717) is 0 Å². The van der Waals surface area contributed by atoms with Gasteiger partial charge in [0.1, 0.15) is 0 Å². The summed E-state index contributed by atoms with van der Waals surface area (Å²) in [6.07, 6.45) is 0. The minimum Gasteiger partial charge on any atom is -0.276 e. The van der Waals surface area contributed by atoms with Gasteiger partial charge in [-0.3, -0.25) is 9.36 Å². The fourth-order valence-electron chi connectivity index (χ4n) is 3.29. The van der Waals surface area contributed by atoms with Crippen molar-refractivity contribution >= 4 is 0 Å².